The van der Waals surface area contributed by atoms with Crippen LogP contribution in [0.3, 0.4) is 0 Å². The molecule has 0 heterocycles. The summed E-state index contributed by atoms with van der Waals surface area (Å²) >= 11 is 0. The van der Waals surface area contributed by atoms with Crippen molar-refractivity contribution in [1.82, 2.24) is 0 Å². The summed E-state index contributed by atoms with van der Waals surface area (Å²) in [4.78, 5) is 23.6. The molecular weight excluding hydrogens is 536 g/mol. The highest BCUT2D eigenvalue weighted by Crippen LogP contribution is 2.11. The molecule has 226 valence electrons. The van der Waals surface area contributed by atoms with Gasteiger partial charge >= 0.3 is 0 Å². The first kappa shape index (κ1) is 37.1. The molecule has 0 aliphatic heterocycles. The van der Waals surface area contributed by atoms with E-state index in [1.807, 2.05) is 13.8 Å². The Labute approximate surface area is 230 Å². The van der Waals surface area contributed by atoms with Gasteiger partial charge in [-0.2, -0.15) is 0 Å². The summed E-state index contributed by atoms with van der Waals surface area (Å²) in [5.41, 5.74) is 0. The van der Waals surface area contributed by atoms with Crippen LogP contribution < -0.4 is 0 Å². The Morgan fingerprint density at radius 1 is 0.553 bits per heavy atom. The first-order chi connectivity index (χ1) is 18.0. The topological polar surface area (TPSA) is 139 Å². The van der Waals surface area contributed by atoms with Gasteiger partial charge in [-0.3, -0.25) is 9.59 Å². The molecule has 0 aliphatic rings. The zero-order valence-electron chi connectivity index (χ0n) is 23.8. The van der Waals surface area contributed by atoms with Crippen LogP contribution in [-0.2, 0) is 48.2 Å². The molecule has 12 heteroatoms. The molecule has 0 fully saturated rings. The second-order valence-electron chi connectivity index (χ2n) is 9.50. The lowest BCUT2D eigenvalue weighted by Crippen LogP contribution is -2.26. The Kier molecular flexibility index (Phi) is 21.3. The second-order valence-corrected chi connectivity index (χ2v) is 14.6. The zero-order valence-corrected chi connectivity index (χ0v) is 25.4. The summed E-state index contributed by atoms with van der Waals surface area (Å²) in [5.74, 6) is -0.294. The maximum absolute atomic E-state index is 12.3. The number of ketones is 2. The molecule has 0 amide bonds. The van der Waals surface area contributed by atoms with Gasteiger partial charge in [0.1, 0.15) is 11.6 Å². The first-order valence-electron chi connectivity index (χ1n) is 13.7. The lowest BCUT2D eigenvalue weighted by atomic mass is 10.1. The van der Waals surface area contributed by atoms with E-state index in [9.17, 15) is 26.4 Å². The van der Waals surface area contributed by atoms with E-state index in [1.54, 1.807) is 13.8 Å². The van der Waals surface area contributed by atoms with Crippen LogP contribution >= 0.6 is 0 Å². The molecule has 0 spiro atoms. The van der Waals surface area contributed by atoms with Crippen LogP contribution in [0, 0.1) is 0 Å². The molecule has 0 aromatic rings. The van der Waals surface area contributed by atoms with E-state index in [0.717, 1.165) is 25.7 Å². The molecule has 0 bridgehead atoms. The van der Waals surface area contributed by atoms with Gasteiger partial charge in [0.15, 0.2) is 19.7 Å². The second kappa shape index (κ2) is 21.8. The number of carbonyl (C=O) groups excluding carboxylic acids is 2. The molecule has 0 N–H and O–H groups in total. The Balaban J connectivity index is 3.71. The van der Waals surface area contributed by atoms with E-state index in [-0.39, 0.29) is 62.3 Å². The molecule has 2 atom stereocenters. The normalized spacial score (nSPS) is 13.9. The number of ether oxygens (including phenoxy) is 4. The molecule has 2 unspecified atom stereocenters. The first-order valence-corrected chi connectivity index (χ1v) is 17.2. The Hall–Kier alpha value is -0.920. The van der Waals surface area contributed by atoms with Gasteiger partial charge in [0.25, 0.3) is 0 Å². The van der Waals surface area contributed by atoms with Crippen molar-refractivity contribution < 1.29 is 45.4 Å². The van der Waals surface area contributed by atoms with E-state index in [1.165, 1.54) is 0 Å². The Morgan fingerprint density at radius 2 is 0.842 bits per heavy atom. The average molecular weight is 587 g/mol. The van der Waals surface area contributed by atoms with Gasteiger partial charge in [0.05, 0.1) is 74.9 Å². The number of hydrogen-bond acceptors (Lipinski definition) is 10. The van der Waals surface area contributed by atoms with E-state index in [0.29, 0.717) is 39.3 Å². The van der Waals surface area contributed by atoms with Crippen LogP contribution in [0.15, 0.2) is 0 Å². The van der Waals surface area contributed by atoms with Crippen molar-refractivity contribution in [2.24, 2.45) is 0 Å². The molecular formula is C26H50O10S2. The minimum atomic E-state index is -3.38. The van der Waals surface area contributed by atoms with E-state index >= 15 is 0 Å². The number of sulfone groups is 2. The summed E-state index contributed by atoms with van der Waals surface area (Å²) in [5, 5.41) is -1.40. The Morgan fingerprint density at radius 3 is 1.13 bits per heavy atom. The van der Waals surface area contributed by atoms with Crippen molar-refractivity contribution in [3.63, 3.8) is 0 Å². The third kappa shape index (κ3) is 19.2. The minimum Gasteiger partial charge on any atom is -0.378 e. The maximum atomic E-state index is 12.3. The number of Topliss-reactive ketones (excluding diaryl/α,β-unsaturated/α-hetero) is 2. The summed E-state index contributed by atoms with van der Waals surface area (Å²) in [6, 6.07) is 0. The molecule has 38 heavy (non-hydrogen) atoms. The van der Waals surface area contributed by atoms with Crippen molar-refractivity contribution in [1.29, 1.82) is 0 Å². The number of unbranched alkanes of at least 4 members (excludes halogenated alkanes) is 2. The summed E-state index contributed by atoms with van der Waals surface area (Å²) in [6.45, 7) is 8.95. The van der Waals surface area contributed by atoms with Crippen LogP contribution in [0.1, 0.15) is 79.1 Å². The molecule has 0 saturated carbocycles. The van der Waals surface area contributed by atoms with Crippen molar-refractivity contribution >= 4 is 31.2 Å². The standard InChI is InChI=1S/C26H50O10S2/c1-5-7-9-25(27)21-23(3)37(29,30)19-17-35-15-13-33-11-12-34-14-16-36-18-20-38(31,32)24(4)22-26(28)10-8-6-2/h23-24H,5-22H2,1-4H3. The van der Waals surface area contributed by atoms with Crippen LogP contribution in [0.4, 0.5) is 0 Å². The third-order valence-electron chi connectivity index (χ3n) is 6.02. The van der Waals surface area contributed by atoms with E-state index < -0.39 is 30.2 Å². The van der Waals surface area contributed by atoms with Gasteiger partial charge in [-0.15, -0.1) is 0 Å². The average Bonchev–Trinajstić information content (AvgIpc) is 2.86. The fourth-order valence-corrected chi connectivity index (χ4v) is 5.75. The van der Waals surface area contributed by atoms with Gasteiger partial charge in [-0.05, 0) is 26.7 Å². The predicted molar refractivity (Wildman–Crippen MR) is 148 cm³/mol. The molecule has 10 nitrogen and oxygen atoms in total. The SMILES string of the molecule is CCCCC(=O)CC(C)S(=O)(=O)CCOCCOCCOCCOCCS(=O)(=O)C(C)CC(=O)CCCC. The minimum absolute atomic E-state index is 0.0177. The monoisotopic (exact) mass is 586 g/mol. The number of carbonyl (C=O) groups is 2. The van der Waals surface area contributed by atoms with Gasteiger partial charge in [-0.1, -0.05) is 26.7 Å². The summed E-state index contributed by atoms with van der Waals surface area (Å²) in [6.07, 6.45) is 4.32. The van der Waals surface area contributed by atoms with Crippen molar-refractivity contribution in [2.45, 2.75) is 89.6 Å². The number of rotatable bonds is 27. The lowest BCUT2D eigenvalue weighted by molar-refractivity contribution is -0.119. The Bertz CT molecular complexity index is 770. The summed E-state index contributed by atoms with van der Waals surface area (Å²) in [7, 11) is -6.76. The smallest absolute Gasteiger partial charge is 0.155 e. The highest BCUT2D eigenvalue weighted by atomic mass is 32.2. The molecule has 0 aromatic carbocycles. The van der Waals surface area contributed by atoms with Crippen molar-refractivity contribution in [2.75, 3.05) is 64.4 Å². The largest absolute Gasteiger partial charge is 0.378 e. The van der Waals surface area contributed by atoms with Gasteiger partial charge < -0.3 is 18.9 Å². The van der Waals surface area contributed by atoms with Crippen LogP contribution in [0.5, 0.6) is 0 Å². The molecule has 0 saturated heterocycles. The van der Waals surface area contributed by atoms with E-state index in [2.05, 4.69) is 0 Å². The maximum Gasteiger partial charge on any atom is 0.155 e. The fraction of sp³-hybridized carbons (Fsp3) is 0.923. The molecule has 0 radical (unpaired) electrons. The molecule has 0 rings (SSSR count). The van der Waals surface area contributed by atoms with Crippen molar-refractivity contribution in [3.05, 3.63) is 0 Å². The van der Waals surface area contributed by atoms with Crippen molar-refractivity contribution in [3.8, 4) is 0 Å². The third-order valence-corrected chi connectivity index (χ3v) is 10.3. The van der Waals surface area contributed by atoms with Crippen LogP contribution in [0.25, 0.3) is 0 Å². The number of hydrogen-bond donors (Lipinski definition) is 0. The molecule has 0 aromatic heterocycles. The van der Waals surface area contributed by atoms with Crippen LogP contribution in [0.2, 0.25) is 0 Å². The summed E-state index contributed by atoms with van der Waals surface area (Å²) < 4.78 is 70.4. The van der Waals surface area contributed by atoms with E-state index in [4.69, 9.17) is 18.9 Å². The zero-order chi connectivity index (χ0) is 28.9. The predicted octanol–water partition coefficient (Wildman–Crippen LogP) is 2.96. The lowest BCUT2D eigenvalue weighted by Gasteiger charge is -2.13. The van der Waals surface area contributed by atoms with Gasteiger partial charge in [0, 0.05) is 25.7 Å². The van der Waals surface area contributed by atoms with Gasteiger partial charge in [0.2, 0.25) is 0 Å². The highest BCUT2D eigenvalue weighted by molar-refractivity contribution is 7.92. The fourth-order valence-electron chi connectivity index (χ4n) is 3.36. The quantitative estimate of drug-likeness (QED) is 0.132. The molecule has 0 aliphatic carbocycles. The highest BCUT2D eigenvalue weighted by Gasteiger charge is 2.24. The van der Waals surface area contributed by atoms with Gasteiger partial charge in [-0.25, -0.2) is 16.8 Å². The van der Waals surface area contributed by atoms with Crippen LogP contribution in [-0.4, -0.2) is 103 Å².